The third-order valence-electron chi connectivity index (χ3n) is 5.42. The summed E-state index contributed by atoms with van der Waals surface area (Å²) in [5, 5.41) is 17.4. The van der Waals surface area contributed by atoms with Crippen molar-refractivity contribution in [3.63, 3.8) is 0 Å². The number of anilines is 1. The van der Waals surface area contributed by atoms with Crippen molar-refractivity contribution in [3.8, 4) is 11.3 Å². The molecular weight excluding hydrogens is 476 g/mol. The molecule has 2 N–H and O–H groups in total. The maximum absolute atomic E-state index is 12.3. The van der Waals surface area contributed by atoms with E-state index in [1.807, 2.05) is 0 Å². The smallest absolute Gasteiger partial charge is 0.341 e. The summed E-state index contributed by atoms with van der Waals surface area (Å²) < 4.78 is 10.5. The van der Waals surface area contributed by atoms with Crippen molar-refractivity contribution in [1.29, 1.82) is 0 Å². The Labute approximate surface area is 202 Å². The molecule has 0 saturated carbocycles. The largest absolute Gasteiger partial charge is 0.465 e. The quantitative estimate of drug-likeness (QED) is 0.174. The molecule has 2 aromatic heterocycles. The number of carbonyl (C=O) groups is 3. The number of amides is 2. The molecule has 2 heterocycles. The highest BCUT2D eigenvalue weighted by atomic mass is 32.1. The molecule has 35 heavy (non-hydrogen) atoms. The molecule has 11 nitrogen and oxygen atoms in total. The van der Waals surface area contributed by atoms with E-state index in [1.165, 1.54) is 36.8 Å². The maximum Gasteiger partial charge on any atom is 0.341 e. The van der Waals surface area contributed by atoms with E-state index in [2.05, 4.69) is 15.8 Å². The van der Waals surface area contributed by atoms with Crippen LogP contribution in [-0.2, 0) is 27.2 Å². The van der Waals surface area contributed by atoms with Crippen LogP contribution in [0.2, 0.25) is 0 Å². The van der Waals surface area contributed by atoms with Crippen LogP contribution in [0.1, 0.15) is 38.5 Å². The number of carbonyl (C=O) groups excluding carboxylic acids is 3. The van der Waals surface area contributed by atoms with Crippen LogP contribution in [-0.4, -0.2) is 36.0 Å². The molecule has 0 spiro atoms. The maximum atomic E-state index is 12.3. The number of non-ortho nitro benzene ring substituents is 1. The van der Waals surface area contributed by atoms with Crippen molar-refractivity contribution in [2.24, 2.45) is 5.10 Å². The first-order valence-corrected chi connectivity index (χ1v) is 11.3. The fourth-order valence-electron chi connectivity index (χ4n) is 3.78. The number of ether oxygens (including phenoxy) is 1. The van der Waals surface area contributed by atoms with Gasteiger partial charge in [0.2, 0.25) is 0 Å². The molecule has 4 rings (SSSR count). The fourth-order valence-corrected chi connectivity index (χ4v) is 5.05. The number of methoxy groups -OCH3 is 1. The summed E-state index contributed by atoms with van der Waals surface area (Å²) in [5.41, 5.74) is 4.57. The van der Waals surface area contributed by atoms with Crippen LogP contribution in [0.15, 0.2) is 39.9 Å². The number of benzene rings is 1. The van der Waals surface area contributed by atoms with Gasteiger partial charge in [-0.1, -0.05) is 0 Å². The minimum atomic E-state index is -1.02. The number of nitrogens with one attached hydrogen (secondary N) is 2. The van der Waals surface area contributed by atoms with Crippen molar-refractivity contribution < 1.29 is 28.5 Å². The summed E-state index contributed by atoms with van der Waals surface area (Å²) in [6.07, 6.45) is 3.66. The lowest BCUT2D eigenvalue weighted by Crippen LogP contribution is -2.32. The Balaban J connectivity index is 1.39. The summed E-state index contributed by atoms with van der Waals surface area (Å²) in [5.74, 6) is -1.81. The first-order valence-electron chi connectivity index (χ1n) is 10.5. The van der Waals surface area contributed by atoms with E-state index in [9.17, 15) is 24.5 Å². The number of nitrogens with zero attached hydrogens (tertiary/aromatic N) is 2. The van der Waals surface area contributed by atoms with Gasteiger partial charge in [0.1, 0.15) is 16.5 Å². The molecule has 0 fully saturated rings. The van der Waals surface area contributed by atoms with E-state index >= 15 is 0 Å². The van der Waals surface area contributed by atoms with Crippen LogP contribution >= 0.6 is 11.3 Å². The van der Waals surface area contributed by atoms with Crippen LogP contribution < -0.4 is 10.7 Å². The van der Waals surface area contributed by atoms with Crippen LogP contribution in [0.25, 0.3) is 11.3 Å². The van der Waals surface area contributed by atoms with Gasteiger partial charge in [0.15, 0.2) is 0 Å². The highest BCUT2D eigenvalue weighted by Gasteiger charge is 2.29. The van der Waals surface area contributed by atoms with Gasteiger partial charge in [-0.3, -0.25) is 19.7 Å². The van der Waals surface area contributed by atoms with Crippen LogP contribution in [0, 0.1) is 17.0 Å². The van der Waals surface area contributed by atoms with E-state index in [-0.39, 0.29) is 10.7 Å². The Hall–Kier alpha value is -4.32. The molecule has 0 atom stereocenters. The molecule has 0 bridgehead atoms. The number of fused-ring (bicyclic) bond motifs is 1. The molecule has 0 aliphatic heterocycles. The number of aryl methyl sites for hydroxylation is 2. The van der Waals surface area contributed by atoms with Gasteiger partial charge in [-0.25, -0.2) is 10.2 Å². The summed E-state index contributed by atoms with van der Waals surface area (Å²) in [6, 6.07) is 7.67. The average molecular weight is 497 g/mol. The van der Waals surface area contributed by atoms with Gasteiger partial charge in [-0.05, 0) is 55.5 Å². The Morgan fingerprint density at radius 2 is 2.00 bits per heavy atom. The average Bonchev–Trinajstić information content (AvgIpc) is 3.55. The van der Waals surface area contributed by atoms with Crippen molar-refractivity contribution >= 4 is 46.0 Å². The number of hydrogen-bond acceptors (Lipinski definition) is 9. The number of hydrogen-bond donors (Lipinski definition) is 2. The summed E-state index contributed by atoms with van der Waals surface area (Å²) in [4.78, 5) is 48.1. The van der Waals surface area contributed by atoms with Crippen molar-refractivity contribution in [2.45, 2.75) is 26.2 Å². The van der Waals surface area contributed by atoms with Crippen LogP contribution in [0.4, 0.5) is 10.7 Å². The molecule has 0 radical (unpaired) electrons. The lowest BCUT2D eigenvalue weighted by atomic mass is 10.1. The zero-order chi connectivity index (χ0) is 25.1. The van der Waals surface area contributed by atoms with Crippen molar-refractivity contribution in [1.82, 2.24) is 5.43 Å². The lowest BCUT2D eigenvalue weighted by Gasteiger charge is -2.06. The first-order chi connectivity index (χ1) is 16.8. The predicted octanol–water partition coefficient (Wildman–Crippen LogP) is 3.59. The third-order valence-corrected chi connectivity index (χ3v) is 6.62. The van der Waals surface area contributed by atoms with Gasteiger partial charge >= 0.3 is 17.8 Å². The Morgan fingerprint density at radius 3 is 2.71 bits per heavy atom. The van der Waals surface area contributed by atoms with E-state index < -0.39 is 22.7 Å². The molecule has 12 heteroatoms. The summed E-state index contributed by atoms with van der Waals surface area (Å²) in [7, 11) is 1.26. The molecule has 1 aliphatic rings. The number of hydrazone groups is 1. The molecule has 2 amide bonds. The second-order valence-electron chi connectivity index (χ2n) is 7.66. The summed E-state index contributed by atoms with van der Waals surface area (Å²) in [6.45, 7) is 1.73. The van der Waals surface area contributed by atoms with Gasteiger partial charge in [0, 0.05) is 22.6 Å². The molecule has 0 saturated heterocycles. The molecule has 1 aliphatic carbocycles. The van der Waals surface area contributed by atoms with Gasteiger partial charge in [0.25, 0.3) is 5.69 Å². The molecular formula is C23H20N4O7S. The van der Waals surface area contributed by atoms with Crippen LogP contribution in [0.3, 0.4) is 0 Å². The monoisotopic (exact) mass is 496 g/mol. The van der Waals surface area contributed by atoms with Crippen molar-refractivity contribution in [3.05, 3.63) is 67.8 Å². The highest BCUT2D eigenvalue weighted by molar-refractivity contribution is 7.17. The molecule has 3 aromatic rings. The normalized spacial score (nSPS) is 12.4. The number of furan rings is 1. The van der Waals surface area contributed by atoms with E-state index in [0.717, 1.165) is 23.3 Å². The lowest BCUT2D eigenvalue weighted by molar-refractivity contribution is -0.384. The van der Waals surface area contributed by atoms with Gasteiger partial charge in [-0.15, -0.1) is 11.3 Å². The van der Waals surface area contributed by atoms with Crippen LogP contribution in [0.5, 0.6) is 0 Å². The molecule has 1 aromatic carbocycles. The van der Waals surface area contributed by atoms with E-state index in [1.54, 1.807) is 25.1 Å². The topological polar surface area (TPSA) is 153 Å². The zero-order valence-corrected chi connectivity index (χ0v) is 19.6. The standard InChI is InChI=1S/C23H20N4O7S/c1-12-10-13(27(31)32)6-8-15(12)17-9-7-14(34-17)11-24-26-21(29)20(28)25-22-19(23(30)33-2)16-4-3-5-18(16)35-22/h6-11H,3-5H2,1-2H3,(H,25,28)(H,26,29)/b24-11+. The predicted molar refractivity (Wildman–Crippen MR) is 128 cm³/mol. The molecule has 180 valence electrons. The summed E-state index contributed by atoms with van der Waals surface area (Å²) >= 11 is 1.26. The fraction of sp³-hybridized carbons (Fsp3) is 0.217. The SMILES string of the molecule is COC(=O)c1c(NC(=O)C(=O)N/N=C/c2ccc(-c3ccc([N+](=O)[O-])cc3C)o2)sc2c1CCC2. The number of nitro groups is 1. The second-order valence-corrected chi connectivity index (χ2v) is 8.77. The van der Waals surface area contributed by atoms with E-state index in [0.29, 0.717) is 34.6 Å². The van der Waals surface area contributed by atoms with Crippen molar-refractivity contribution in [2.75, 3.05) is 12.4 Å². The minimum Gasteiger partial charge on any atom is -0.465 e. The van der Waals surface area contributed by atoms with Gasteiger partial charge < -0.3 is 14.5 Å². The zero-order valence-electron chi connectivity index (χ0n) is 18.7. The minimum absolute atomic E-state index is 0.0218. The highest BCUT2D eigenvalue weighted by Crippen LogP contribution is 2.39. The molecule has 0 unspecified atom stereocenters. The Bertz CT molecular complexity index is 1370. The number of nitro benzene ring substituents is 1. The van der Waals surface area contributed by atoms with Gasteiger partial charge in [0.05, 0.1) is 23.8 Å². The van der Waals surface area contributed by atoms with E-state index in [4.69, 9.17) is 9.15 Å². The number of rotatable bonds is 6. The number of esters is 1. The number of thiophene rings is 1. The first kappa shape index (κ1) is 23.8. The Kier molecular flexibility index (Phi) is 6.73. The second kappa shape index (κ2) is 9.89. The van der Waals surface area contributed by atoms with Gasteiger partial charge in [-0.2, -0.15) is 5.10 Å². The third kappa shape index (κ3) is 4.96. The Morgan fingerprint density at radius 1 is 1.20 bits per heavy atom.